The zero-order valence-corrected chi connectivity index (χ0v) is 7.09. The Bertz CT molecular complexity index is 318. The van der Waals surface area contributed by atoms with E-state index in [1.54, 1.807) is 6.07 Å². The SMILES string of the molecule is Cc1ccc(O)c(C2(C)NO2)c1. The highest BCUT2D eigenvalue weighted by atomic mass is 16.8. The third kappa shape index (κ3) is 1.07. The van der Waals surface area contributed by atoms with Crippen LogP contribution in [0.1, 0.15) is 18.1 Å². The maximum Gasteiger partial charge on any atom is 0.187 e. The zero-order valence-electron chi connectivity index (χ0n) is 7.09. The van der Waals surface area contributed by atoms with Gasteiger partial charge in [0, 0.05) is 5.56 Å². The Morgan fingerprint density at radius 1 is 1.50 bits per heavy atom. The maximum atomic E-state index is 9.49. The highest BCUT2D eigenvalue weighted by molar-refractivity contribution is 5.40. The minimum absolute atomic E-state index is 0.271. The van der Waals surface area contributed by atoms with Gasteiger partial charge in [-0.3, -0.25) is 4.84 Å². The van der Waals surface area contributed by atoms with Gasteiger partial charge in [0.1, 0.15) is 5.75 Å². The molecule has 1 aliphatic heterocycles. The number of benzene rings is 1. The van der Waals surface area contributed by atoms with Crippen molar-refractivity contribution in [2.24, 2.45) is 0 Å². The van der Waals surface area contributed by atoms with E-state index in [-0.39, 0.29) is 5.75 Å². The first-order chi connectivity index (χ1) is 5.62. The van der Waals surface area contributed by atoms with Gasteiger partial charge >= 0.3 is 0 Å². The summed E-state index contributed by atoms with van der Waals surface area (Å²) in [4.78, 5) is 5.01. The van der Waals surface area contributed by atoms with Gasteiger partial charge in [0.15, 0.2) is 5.72 Å². The van der Waals surface area contributed by atoms with Crippen LogP contribution in [0.4, 0.5) is 0 Å². The molecule has 1 atom stereocenters. The van der Waals surface area contributed by atoms with Gasteiger partial charge in [0.05, 0.1) is 0 Å². The number of aryl methyl sites for hydroxylation is 1. The lowest BCUT2D eigenvalue weighted by Gasteiger charge is -2.06. The van der Waals surface area contributed by atoms with E-state index in [2.05, 4.69) is 5.48 Å². The standard InChI is InChI=1S/C9H11NO2/c1-6-3-4-8(11)7(5-6)9(2)10-12-9/h3-5,10-11H,1-2H3. The van der Waals surface area contributed by atoms with Gasteiger partial charge < -0.3 is 5.11 Å². The normalized spacial score (nSPS) is 27.2. The number of nitrogens with one attached hydrogen (secondary N) is 1. The monoisotopic (exact) mass is 165 g/mol. The molecule has 0 aliphatic carbocycles. The van der Waals surface area contributed by atoms with Gasteiger partial charge in [-0.15, -0.1) is 0 Å². The molecule has 1 aromatic carbocycles. The van der Waals surface area contributed by atoms with Crippen molar-refractivity contribution in [2.75, 3.05) is 0 Å². The fraction of sp³-hybridized carbons (Fsp3) is 0.333. The van der Waals surface area contributed by atoms with Crippen LogP contribution in [-0.2, 0) is 10.6 Å². The van der Waals surface area contributed by atoms with E-state index >= 15 is 0 Å². The van der Waals surface area contributed by atoms with Gasteiger partial charge in [-0.1, -0.05) is 11.6 Å². The van der Waals surface area contributed by atoms with Crippen LogP contribution in [-0.4, -0.2) is 5.11 Å². The van der Waals surface area contributed by atoms with Crippen LogP contribution in [0.2, 0.25) is 0 Å². The molecule has 2 N–H and O–H groups in total. The molecule has 3 nitrogen and oxygen atoms in total. The first-order valence-corrected chi connectivity index (χ1v) is 3.87. The first kappa shape index (κ1) is 7.58. The third-order valence-corrected chi connectivity index (χ3v) is 2.07. The highest BCUT2D eigenvalue weighted by Gasteiger charge is 2.43. The number of rotatable bonds is 1. The number of hydroxylamine groups is 1. The Balaban J connectivity index is 2.48. The van der Waals surface area contributed by atoms with E-state index in [9.17, 15) is 5.11 Å². The van der Waals surface area contributed by atoms with Crippen LogP contribution in [0, 0.1) is 6.92 Å². The van der Waals surface area contributed by atoms with E-state index in [4.69, 9.17) is 4.84 Å². The molecular formula is C9H11NO2. The molecule has 2 rings (SSSR count). The van der Waals surface area contributed by atoms with E-state index in [0.717, 1.165) is 11.1 Å². The number of phenolic OH excluding ortho intramolecular Hbond substituents is 1. The highest BCUT2D eigenvalue weighted by Crippen LogP contribution is 2.37. The Kier molecular flexibility index (Phi) is 1.40. The third-order valence-electron chi connectivity index (χ3n) is 2.07. The minimum Gasteiger partial charge on any atom is -0.508 e. The second kappa shape index (κ2) is 2.21. The van der Waals surface area contributed by atoms with Crippen molar-refractivity contribution in [3.63, 3.8) is 0 Å². The zero-order chi connectivity index (χ0) is 8.77. The van der Waals surface area contributed by atoms with Crippen molar-refractivity contribution < 1.29 is 9.94 Å². The van der Waals surface area contributed by atoms with Crippen LogP contribution in [0.25, 0.3) is 0 Å². The summed E-state index contributed by atoms with van der Waals surface area (Å²) in [5.41, 5.74) is 4.17. The van der Waals surface area contributed by atoms with Crippen molar-refractivity contribution in [3.8, 4) is 5.75 Å². The summed E-state index contributed by atoms with van der Waals surface area (Å²) in [5.74, 6) is 0.271. The lowest BCUT2D eigenvalue weighted by molar-refractivity contribution is 0.305. The summed E-state index contributed by atoms with van der Waals surface area (Å²) in [6.07, 6.45) is 0. The second-order valence-corrected chi connectivity index (χ2v) is 3.26. The Hall–Kier alpha value is -1.06. The summed E-state index contributed by atoms with van der Waals surface area (Å²) in [6, 6.07) is 5.46. The first-order valence-electron chi connectivity index (χ1n) is 3.87. The van der Waals surface area contributed by atoms with Crippen molar-refractivity contribution in [1.29, 1.82) is 0 Å². The summed E-state index contributed by atoms with van der Waals surface area (Å²) < 4.78 is 0. The molecule has 1 aromatic rings. The molecule has 1 saturated heterocycles. The molecule has 0 saturated carbocycles. The topological polar surface area (TPSA) is 54.7 Å². The van der Waals surface area contributed by atoms with Gasteiger partial charge in [0.25, 0.3) is 0 Å². The van der Waals surface area contributed by atoms with E-state index in [1.807, 2.05) is 26.0 Å². The van der Waals surface area contributed by atoms with E-state index in [0.29, 0.717) is 0 Å². The van der Waals surface area contributed by atoms with Gasteiger partial charge in [-0.05, 0) is 26.0 Å². The number of hydrogen-bond donors (Lipinski definition) is 2. The Morgan fingerprint density at radius 2 is 2.17 bits per heavy atom. The summed E-state index contributed by atoms with van der Waals surface area (Å²) in [7, 11) is 0. The molecule has 0 spiro atoms. The van der Waals surface area contributed by atoms with Gasteiger partial charge in [0.2, 0.25) is 0 Å². The summed E-state index contributed by atoms with van der Waals surface area (Å²) in [5, 5.41) is 9.49. The van der Waals surface area contributed by atoms with Crippen LogP contribution in [0.15, 0.2) is 18.2 Å². The molecule has 3 heteroatoms. The largest absolute Gasteiger partial charge is 0.508 e. The molecule has 1 heterocycles. The number of aromatic hydroxyl groups is 1. The maximum absolute atomic E-state index is 9.49. The summed E-state index contributed by atoms with van der Waals surface area (Å²) in [6.45, 7) is 3.86. The average Bonchev–Trinajstić information content (AvgIpc) is 2.75. The molecule has 64 valence electrons. The van der Waals surface area contributed by atoms with Crippen LogP contribution in [0.3, 0.4) is 0 Å². The molecule has 1 fully saturated rings. The fourth-order valence-corrected chi connectivity index (χ4v) is 1.22. The molecule has 12 heavy (non-hydrogen) atoms. The number of phenols is 1. The van der Waals surface area contributed by atoms with Crippen LogP contribution < -0.4 is 5.48 Å². The van der Waals surface area contributed by atoms with Crippen molar-refractivity contribution in [1.82, 2.24) is 5.48 Å². The van der Waals surface area contributed by atoms with Gasteiger partial charge in [-0.25, -0.2) is 0 Å². The van der Waals surface area contributed by atoms with Gasteiger partial charge in [-0.2, -0.15) is 5.48 Å². The molecule has 1 aliphatic rings. The average molecular weight is 165 g/mol. The minimum atomic E-state index is -0.476. The smallest absolute Gasteiger partial charge is 0.187 e. The van der Waals surface area contributed by atoms with E-state index < -0.39 is 5.72 Å². The van der Waals surface area contributed by atoms with Crippen molar-refractivity contribution in [3.05, 3.63) is 29.3 Å². The fourth-order valence-electron chi connectivity index (χ4n) is 1.22. The van der Waals surface area contributed by atoms with Crippen molar-refractivity contribution in [2.45, 2.75) is 19.6 Å². The molecule has 0 amide bonds. The van der Waals surface area contributed by atoms with Crippen LogP contribution in [0.5, 0.6) is 5.75 Å². The lowest BCUT2D eigenvalue weighted by Crippen LogP contribution is -2.06. The molecule has 0 radical (unpaired) electrons. The summed E-state index contributed by atoms with van der Waals surface area (Å²) >= 11 is 0. The molecular weight excluding hydrogens is 154 g/mol. The Morgan fingerprint density at radius 3 is 2.75 bits per heavy atom. The molecule has 0 aromatic heterocycles. The lowest BCUT2D eigenvalue weighted by atomic mass is 10.0. The Labute approximate surface area is 70.9 Å². The quantitative estimate of drug-likeness (QED) is 0.618. The predicted molar refractivity (Wildman–Crippen MR) is 44.4 cm³/mol. The predicted octanol–water partition coefficient (Wildman–Crippen LogP) is 1.41. The molecule has 1 unspecified atom stereocenters. The second-order valence-electron chi connectivity index (χ2n) is 3.26. The molecule has 0 bridgehead atoms. The van der Waals surface area contributed by atoms with Crippen molar-refractivity contribution >= 4 is 0 Å². The van der Waals surface area contributed by atoms with Crippen LogP contribution >= 0.6 is 0 Å². The number of hydrogen-bond acceptors (Lipinski definition) is 3. The van der Waals surface area contributed by atoms with E-state index in [1.165, 1.54) is 0 Å².